The average Bonchev–Trinajstić information content (AvgIpc) is 2.27. The lowest BCUT2D eigenvalue weighted by Gasteiger charge is -2.18. The van der Waals surface area contributed by atoms with Crippen LogP contribution in [0.1, 0.15) is 11.7 Å². The average molecular weight is 232 g/mol. The van der Waals surface area contributed by atoms with Crippen LogP contribution >= 0.6 is 11.6 Å². The fourth-order valence-corrected chi connectivity index (χ4v) is 1.44. The molecule has 4 nitrogen and oxygen atoms in total. The van der Waals surface area contributed by atoms with Crippen molar-refractivity contribution >= 4 is 17.3 Å². The molecule has 0 aliphatic heterocycles. The summed E-state index contributed by atoms with van der Waals surface area (Å²) in [5.41, 5.74) is 6.51. The van der Waals surface area contributed by atoms with Gasteiger partial charge in [-0.25, -0.2) is 0 Å². The summed E-state index contributed by atoms with van der Waals surface area (Å²) in [4.78, 5) is 0. The third-order valence-corrected chi connectivity index (χ3v) is 2.41. The number of nitrogens with two attached hydrogens (primary N) is 1. The molecule has 0 aromatic heterocycles. The highest BCUT2D eigenvalue weighted by Gasteiger charge is 2.21. The Labute approximate surface area is 93.2 Å². The number of halogens is 1. The molecule has 4 N–H and O–H groups in total. The third kappa shape index (κ3) is 2.75. The Morgan fingerprint density at radius 3 is 2.67 bits per heavy atom. The molecule has 0 spiro atoms. The van der Waals surface area contributed by atoms with Crippen molar-refractivity contribution < 1.29 is 14.9 Å². The van der Waals surface area contributed by atoms with E-state index in [4.69, 9.17) is 22.1 Å². The Hall–Kier alpha value is -0.970. The quantitative estimate of drug-likeness (QED) is 0.532. The highest BCUT2D eigenvalue weighted by Crippen LogP contribution is 2.29. The van der Waals surface area contributed by atoms with Crippen LogP contribution in [-0.4, -0.2) is 29.3 Å². The minimum atomic E-state index is -1.10. The maximum Gasteiger partial charge on any atom is 0.124 e. The van der Waals surface area contributed by atoms with Crippen LogP contribution in [0.4, 0.5) is 5.69 Å². The monoisotopic (exact) mass is 231 g/mol. The van der Waals surface area contributed by atoms with E-state index in [1.165, 1.54) is 7.11 Å². The number of hydrogen-bond acceptors (Lipinski definition) is 4. The number of hydrogen-bond donors (Lipinski definition) is 3. The molecule has 2 atom stereocenters. The van der Waals surface area contributed by atoms with E-state index in [9.17, 15) is 10.2 Å². The number of ether oxygens (including phenoxy) is 1. The van der Waals surface area contributed by atoms with Gasteiger partial charge in [0, 0.05) is 11.3 Å². The molecule has 0 fully saturated rings. The molecule has 0 bridgehead atoms. The fourth-order valence-electron chi connectivity index (χ4n) is 1.28. The molecule has 2 unspecified atom stereocenters. The van der Waals surface area contributed by atoms with E-state index in [0.717, 1.165) is 0 Å². The van der Waals surface area contributed by atoms with Gasteiger partial charge in [0.1, 0.15) is 11.9 Å². The van der Waals surface area contributed by atoms with Gasteiger partial charge in [0.2, 0.25) is 0 Å². The highest BCUT2D eigenvalue weighted by atomic mass is 35.5. The molecule has 15 heavy (non-hydrogen) atoms. The van der Waals surface area contributed by atoms with E-state index in [0.29, 0.717) is 17.0 Å². The number of aliphatic hydroxyl groups is 2. The largest absolute Gasteiger partial charge is 0.496 e. The lowest BCUT2D eigenvalue weighted by Crippen LogP contribution is -2.20. The summed E-state index contributed by atoms with van der Waals surface area (Å²) >= 11 is 5.45. The molecule has 1 aromatic rings. The molecule has 0 aliphatic carbocycles. The molecule has 1 aromatic carbocycles. The van der Waals surface area contributed by atoms with Crippen LogP contribution in [0.5, 0.6) is 5.75 Å². The molecule has 0 heterocycles. The fraction of sp³-hybridized carbons (Fsp3) is 0.400. The molecule has 0 amide bonds. The number of anilines is 1. The number of methoxy groups -OCH3 is 1. The Balaban J connectivity index is 3.05. The maximum absolute atomic E-state index is 9.76. The molecule has 0 saturated heterocycles. The Kier molecular flexibility index (Phi) is 4.20. The molecule has 1 rings (SSSR count). The van der Waals surface area contributed by atoms with Crippen LogP contribution < -0.4 is 10.5 Å². The van der Waals surface area contributed by atoms with Crippen molar-refractivity contribution in [2.45, 2.75) is 12.2 Å². The summed E-state index contributed by atoms with van der Waals surface area (Å²) in [6.07, 6.45) is -2.14. The van der Waals surface area contributed by atoms with Gasteiger partial charge in [0.25, 0.3) is 0 Å². The normalized spacial score (nSPS) is 14.7. The SMILES string of the molecule is COc1ccc(N)cc1C(O)C(O)CCl. The van der Waals surface area contributed by atoms with Crippen molar-refractivity contribution in [3.63, 3.8) is 0 Å². The third-order valence-electron chi connectivity index (χ3n) is 2.09. The van der Waals surface area contributed by atoms with Crippen molar-refractivity contribution in [1.82, 2.24) is 0 Å². The molecule has 0 radical (unpaired) electrons. The Morgan fingerprint density at radius 2 is 2.13 bits per heavy atom. The van der Waals surface area contributed by atoms with E-state index < -0.39 is 12.2 Å². The van der Waals surface area contributed by atoms with Gasteiger partial charge >= 0.3 is 0 Å². The molecular weight excluding hydrogens is 218 g/mol. The van der Waals surface area contributed by atoms with Gasteiger partial charge in [-0.1, -0.05) is 0 Å². The zero-order chi connectivity index (χ0) is 11.4. The summed E-state index contributed by atoms with van der Waals surface area (Å²) < 4.78 is 5.05. The summed E-state index contributed by atoms with van der Waals surface area (Å²) in [5.74, 6) is 0.417. The molecule has 0 saturated carbocycles. The van der Waals surface area contributed by atoms with Gasteiger partial charge in [0.05, 0.1) is 19.1 Å². The predicted octanol–water partition coefficient (Wildman–Crippen LogP) is 0.910. The molecular formula is C10H14ClNO3. The Bertz CT molecular complexity index is 332. The number of aliphatic hydroxyl groups excluding tert-OH is 2. The minimum Gasteiger partial charge on any atom is -0.496 e. The van der Waals surface area contributed by atoms with Crippen LogP contribution in [0.2, 0.25) is 0 Å². The van der Waals surface area contributed by atoms with Crippen molar-refractivity contribution in [2.75, 3.05) is 18.7 Å². The first kappa shape index (κ1) is 12.1. The van der Waals surface area contributed by atoms with Crippen LogP contribution in [0.3, 0.4) is 0 Å². The predicted molar refractivity (Wildman–Crippen MR) is 59.1 cm³/mol. The summed E-state index contributed by atoms with van der Waals surface area (Å²) in [5, 5.41) is 19.2. The van der Waals surface area contributed by atoms with Crippen LogP contribution in [-0.2, 0) is 0 Å². The van der Waals surface area contributed by atoms with Gasteiger partial charge in [0.15, 0.2) is 0 Å². The van der Waals surface area contributed by atoms with Gasteiger partial charge in [-0.05, 0) is 18.2 Å². The van der Waals surface area contributed by atoms with Gasteiger partial charge in [-0.3, -0.25) is 0 Å². The lowest BCUT2D eigenvalue weighted by atomic mass is 10.0. The summed E-state index contributed by atoms with van der Waals surface area (Å²) in [7, 11) is 1.48. The van der Waals surface area contributed by atoms with E-state index in [-0.39, 0.29) is 5.88 Å². The van der Waals surface area contributed by atoms with Crippen molar-refractivity contribution in [3.8, 4) is 5.75 Å². The zero-order valence-electron chi connectivity index (χ0n) is 8.35. The first-order valence-corrected chi connectivity index (χ1v) is 4.99. The van der Waals surface area contributed by atoms with Gasteiger partial charge < -0.3 is 20.7 Å². The standard InChI is InChI=1S/C10H14ClNO3/c1-15-9-3-2-6(12)4-7(9)10(14)8(13)5-11/h2-4,8,10,13-14H,5,12H2,1H3. The minimum absolute atomic E-state index is 0.0564. The van der Waals surface area contributed by atoms with E-state index in [2.05, 4.69) is 0 Å². The first-order chi connectivity index (χ1) is 7.10. The summed E-state index contributed by atoms with van der Waals surface area (Å²) in [6, 6.07) is 4.84. The van der Waals surface area contributed by atoms with Gasteiger partial charge in [-0.2, -0.15) is 0 Å². The smallest absolute Gasteiger partial charge is 0.124 e. The number of rotatable bonds is 4. The second-order valence-corrected chi connectivity index (χ2v) is 3.48. The second kappa shape index (κ2) is 5.21. The Morgan fingerprint density at radius 1 is 1.47 bits per heavy atom. The maximum atomic E-state index is 9.76. The van der Waals surface area contributed by atoms with E-state index >= 15 is 0 Å². The summed E-state index contributed by atoms with van der Waals surface area (Å²) in [6.45, 7) is 0. The zero-order valence-corrected chi connectivity index (χ0v) is 9.11. The highest BCUT2D eigenvalue weighted by molar-refractivity contribution is 6.18. The second-order valence-electron chi connectivity index (χ2n) is 3.17. The number of benzene rings is 1. The van der Waals surface area contributed by atoms with Crippen LogP contribution in [0.25, 0.3) is 0 Å². The molecule has 84 valence electrons. The van der Waals surface area contributed by atoms with Crippen LogP contribution in [0, 0.1) is 0 Å². The van der Waals surface area contributed by atoms with Crippen molar-refractivity contribution in [1.29, 1.82) is 0 Å². The van der Waals surface area contributed by atoms with Crippen molar-refractivity contribution in [2.24, 2.45) is 0 Å². The van der Waals surface area contributed by atoms with Gasteiger partial charge in [-0.15, -0.1) is 11.6 Å². The topological polar surface area (TPSA) is 75.7 Å². The molecule has 5 heteroatoms. The first-order valence-electron chi connectivity index (χ1n) is 4.45. The number of alkyl halides is 1. The lowest BCUT2D eigenvalue weighted by molar-refractivity contribution is 0.0312. The van der Waals surface area contributed by atoms with E-state index in [1.54, 1.807) is 18.2 Å². The van der Waals surface area contributed by atoms with E-state index in [1.807, 2.05) is 0 Å². The van der Waals surface area contributed by atoms with Crippen molar-refractivity contribution in [3.05, 3.63) is 23.8 Å². The van der Waals surface area contributed by atoms with Crippen LogP contribution in [0.15, 0.2) is 18.2 Å². The number of nitrogen functional groups attached to an aromatic ring is 1. The molecule has 0 aliphatic rings.